The second-order valence-corrected chi connectivity index (χ2v) is 23.4. The number of rotatable bonds is 8. The average molecular weight is 985 g/mol. The first kappa shape index (κ1) is 45.7. The molecule has 0 unspecified atom stereocenters. The van der Waals surface area contributed by atoms with Crippen molar-refractivity contribution in [2.24, 2.45) is 0 Å². The quantitative estimate of drug-likeness (QED) is 0.142. The highest BCUT2D eigenvalue weighted by Gasteiger charge is 2.46. The summed E-state index contributed by atoms with van der Waals surface area (Å²) in [5, 5.41) is 5.29. The highest BCUT2D eigenvalue weighted by atomic mass is 16.5. The number of fused-ring (bicyclic) bond motifs is 14. The molecular weight excluding hydrogens is 922 g/mol. The van der Waals surface area contributed by atoms with Gasteiger partial charge in [-0.05, 0) is 224 Å². The smallest absolute Gasteiger partial charge is 0.256 e. The van der Waals surface area contributed by atoms with Crippen LogP contribution >= 0.6 is 0 Å². The maximum Gasteiger partial charge on any atom is 0.256 e. The Morgan fingerprint density at radius 2 is 0.882 bits per heavy atom. The molecule has 4 aliphatic rings. The van der Waals surface area contributed by atoms with Gasteiger partial charge in [0.15, 0.2) is 0 Å². The second kappa shape index (κ2) is 16.4. The van der Waals surface area contributed by atoms with Crippen LogP contribution in [0.3, 0.4) is 0 Å². The topological polar surface area (TPSA) is 28.3 Å². The van der Waals surface area contributed by atoms with E-state index in [-0.39, 0.29) is 13.4 Å². The van der Waals surface area contributed by atoms with Crippen LogP contribution in [0.15, 0.2) is 121 Å². The van der Waals surface area contributed by atoms with Gasteiger partial charge in [0.05, 0.1) is 11.0 Å². The van der Waals surface area contributed by atoms with Gasteiger partial charge in [0, 0.05) is 50.0 Å². The molecule has 15 rings (SSSR count). The zero-order valence-electron chi connectivity index (χ0n) is 45.7. The maximum absolute atomic E-state index is 7.50. The van der Waals surface area contributed by atoms with Crippen molar-refractivity contribution in [3.63, 3.8) is 0 Å². The van der Waals surface area contributed by atoms with Gasteiger partial charge in [-0.1, -0.05) is 110 Å². The molecule has 6 heterocycles. The summed E-state index contributed by atoms with van der Waals surface area (Å²) in [4.78, 5) is 0. The number of hydrogen-bond donors (Lipinski definition) is 0. The Labute approximate surface area is 447 Å². The Morgan fingerprint density at radius 3 is 1.43 bits per heavy atom. The van der Waals surface area contributed by atoms with Crippen LogP contribution in [0, 0.1) is 55.4 Å². The fourth-order valence-electron chi connectivity index (χ4n) is 15.1. The number of unbranched alkanes of at least 4 members (excludes halogenated alkanes) is 2. The summed E-state index contributed by atoms with van der Waals surface area (Å²) in [6.45, 7) is 22.5. The Balaban J connectivity index is 1.02. The minimum Gasteiger partial charge on any atom is -0.458 e. The SMILES string of the molecule is CCCCc1ccc2c(c1)c1cc(C)cc3c1n2-c1cc(-c2c(C)cc(C)cc2C)cc2c1B3c1cc3c(cc1O2)Oc1cc(-c2c(C)cc(C)cc2C)cc2c1B3c1c(C)ccc3c4cc(CCCC)ccc4n-2c13. The summed E-state index contributed by atoms with van der Waals surface area (Å²) < 4.78 is 20.2. The van der Waals surface area contributed by atoms with E-state index in [1.54, 1.807) is 0 Å². The van der Waals surface area contributed by atoms with E-state index in [1.807, 2.05) is 0 Å². The molecule has 4 nitrogen and oxygen atoms in total. The van der Waals surface area contributed by atoms with Gasteiger partial charge in [0.25, 0.3) is 13.4 Å². The van der Waals surface area contributed by atoms with Gasteiger partial charge >= 0.3 is 0 Å². The van der Waals surface area contributed by atoms with Crippen LogP contribution in [0.2, 0.25) is 0 Å². The van der Waals surface area contributed by atoms with E-state index in [0.717, 1.165) is 35.8 Å². The molecule has 0 fully saturated rings. The summed E-state index contributed by atoms with van der Waals surface area (Å²) >= 11 is 0. The minimum atomic E-state index is -0.0729. The molecule has 0 bridgehead atoms. The van der Waals surface area contributed by atoms with E-state index in [0.29, 0.717) is 0 Å². The third kappa shape index (κ3) is 6.33. The predicted octanol–water partition coefficient (Wildman–Crippen LogP) is 14.2. The standard InChI is InChI=1S/C70H62B2N2O2/c1-11-13-15-45-18-21-56-50(29-45)49-20-17-40(6)66-70(49)74(56)59-32-48(65-43(9)25-38(4)26-44(65)10)34-63-68(59)72(66)54-35-53-60(36-61(54)76-63)75-62-33-47(64-41(7)23-37(3)24-42(64)8)31-58-67(62)71(53)55-28-39(5)27-52-51-30-46(16-14-12-2)19-22-57(51)73(58)69(52)55/h17-36H,11-16H2,1-10H3. The lowest BCUT2D eigenvalue weighted by Gasteiger charge is -2.38. The van der Waals surface area contributed by atoms with Crippen molar-refractivity contribution in [3.05, 3.63) is 177 Å². The molecule has 6 heteroatoms. The Hall–Kier alpha value is -7.69. The number of benzene rings is 9. The lowest BCUT2D eigenvalue weighted by atomic mass is 9.31. The van der Waals surface area contributed by atoms with Crippen molar-refractivity contribution in [2.45, 2.75) is 108 Å². The number of aryl methyl sites for hydroxylation is 10. The Bertz CT molecular complexity index is 4390. The van der Waals surface area contributed by atoms with Crippen molar-refractivity contribution < 1.29 is 9.47 Å². The summed E-state index contributed by atoms with van der Waals surface area (Å²) in [6, 6.07) is 47.9. The van der Waals surface area contributed by atoms with Crippen LogP contribution in [-0.2, 0) is 12.8 Å². The van der Waals surface area contributed by atoms with Gasteiger partial charge in [0.2, 0.25) is 0 Å². The van der Waals surface area contributed by atoms with Crippen molar-refractivity contribution in [1.82, 2.24) is 9.13 Å². The zero-order chi connectivity index (χ0) is 51.7. The van der Waals surface area contributed by atoms with Crippen LogP contribution in [-0.4, -0.2) is 22.6 Å². The molecule has 0 radical (unpaired) electrons. The largest absolute Gasteiger partial charge is 0.458 e. The fraction of sp³-hybridized carbons (Fsp3) is 0.229. The van der Waals surface area contributed by atoms with Crippen LogP contribution in [0.25, 0.3) is 77.2 Å². The molecule has 9 aromatic carbocycles. The first-order chi connectivity index (χ1) is 36.9. The lowest BCUT2D eigenvalue weighted by Crippen LogP contribution is -2.62. The van der Waals surface area contributed by atoms with Crippen molar-refractivity contribution in [3.8, 4) is 56.6 Å². The van der Waals surface area contributed by atoms with E-state index in [4.69, 9.17) is 9.47 Å². The van der Waals surface area contributed by atoms with Crippen LogP contribution < -0.4 is 42.3 Å². The summed E-state index contributed by atoms with van der Waals surface area (Å²) in [6.07, 6.45) is 6.88. The van der Waals surface area contributed by atoms with Gasteiger partial charge in [-0.25, -0.2) is 0 Å². The van der Waals surface area contributed by atoms with Gasteiger partial charge < -0.3 is 18.6 Å². The maximum atomic E-state index is 7.50. The highest BCUT2D eigenvalue weighted by molar-refractivity contribution is 7.02. The molecule has 370 valence electrons. The van der Waals surface area contributed by atoms with E-state index in [9.17, 15) is 0 Å². The fourth-order valence-corrected chi connectivity index (χ4v) is 15.1. The summed E-state index contributed by atoms with van der Waals surface area (Å²) in [5.41, 5.74) is 33.0. The van der Waals surface area contributed by atoms with E-state index < -0.39 is 0 Å². The average Bonchev–Trinajstić information content (AvgIpc) is 4.10. The Morgan fingerprint density at radius 1 is 0.382 bits per heavy atom. The monoisotopic (exact) mass is 984 g/mol. The van der Waals surface area contributed by atoms with E-state index >= 15 is 0 Å². The van der Waals surface area contributed by atoms with Gasteiger partial charge in [-0.15, -0.1) is 0 Å². The number of hydrogen-bond acceptors (Lipinski definition) is 2. The molecule has 4 aliphatic heterocycles. The molecule has 0 N–H and O–H groups in total. The lowest BCUT2D eigenvalue weighted by molar-refractivity contribution is 0.465. The molecule has 0 spiro atoms. The van der Waals surface area contributed by atoms with Gasteiger partial charge in [-0.2, -0.15) is 0 Å². The molecule has 0 saturated carbocycles. The molecule has 0 aliphatic carbocycles. The van der Waals surface area contributed by atoms with Gasteiger partial charge in [-0.3, -0.25) is 0 Å². The van der Waals surface area contributed by atoms with Crippen molar-refractivity contribution in [2.75, 3.05) is 0 Å². The molecule has 76 heavy (non-hydrogen) atoms. The first-order valence-corrected chi connectivity index (χ1v) is 28.1. The van der Waals surface area contributed by atoms with Crippen LogP contribution in [0.5, 0.6) is 23.0 Å². The first-order valence-electron chi connectivity index (χ1n) is 28.1. The van der Waals surface area contributed by atoms with E-state index in [2.05, 4.69) is 200 Å². The van der Waals surface area contributed by atoms with E-state index in [1.165, 1.54) is 191 Å². The second-order valence-electron chi connectivity index (χ2n) is 23.4. The molecule has 0 saturated heterocycles. The summed E-state index contributed by atoms with van der Waals surface area (Å²) in [7, 11) is 0. The number of aromatic nitrogens is 2. The molecule has 11 aromatic rings. The third-order valence-electron chi connectivity index (χ3n) is 18.0. The Kier molecular flexibility index (Phi) is 9.86. The number of nitrogens with zero attached hydrogens (tertiary/aromatic N) is 2. The molecular formula is C70H62B2N2O2. The zero-order valence-corrected chi connectivity index (χ0v) is 45.7. The molecule has 2 aromatic heterocycles. The normalized spacial score (nSPS) is 13.3. The highest BCUT2D eigenvalue weighted by Crippen LogP contribution is 2.45. The summed E-state index contributed by atoms with van der Waals surface area (Å²) in [5.74, 6) is 3.56. The van der Waals surface area contributed by atoms with Crippen LogP contribution in [0.1, 0.15) is 95.2 Å². The van der Waals surface area contributed by atoms with Crippen LogP contribution in [0.4, 0.5) is 0 Å². The molecule has 0 amide bonds. The van der Waals surface area contributed by atoms with Crippen molar-refractivity contribution in [1.29, 1.82) is 0 Å². The van der Waals surface area contributed by atoms with Crippen molar-refractivity contribution >= 4 is 89.8 Å². The minimum absolute atomic E-state index is 0.0711. The third-order valence-corrected chi connectivity index (χ3v) is 18.0. The van der Waals surface area contributed by atoms with Gasteiger partial charge in [0.1, 0.15) is 23.0 Å². The number of ether oxygens (including phenoxy) is 2. The predicted molar refractivity (Wildman–Crippen MR) is 323 cm³/mol. The molecule has 0 atom stereocenters.